The molecule has 0 atom stereocenters. The van der Waals surface area contributed by atoms with Gasteiger partial charge in [0.2, 0.25) is 0 Å². The van der Waals surface area contributed by atoms with Gasteiger partial charge in [-0.1, -0.05) is 207 Å². The molecule has 0 spiro atoms. The molecule has 0 amide bonds. The minimum absolute atomic E-state index is 0.368. The van der Waals surface area contributed by atoms with Gasteiger partial charge >= 0.3 is 17.9 Å². The van der Waals surface area contributed by atoms with Crippen LogP contribution in [0.25, 0.3) is 0 Å². The molecule has 0 bridgehead atoms. The number of carboxylic acid groups (broad SMARTS) is 3. The van der Waals surface area contributed by atoms with Crippen molar-refractivity contribution in [2.75, 3.05) is 26.2 Å². The lowest BCUT2D eigenvalue weighted by atomic mass is 10.1. The van der Waals surface area contributed by atoms with Crippen LogP contribution >= 0.6 is 0 Å². The average Bonchev–Trinajstić information content (AvgIpc) is 3.20. The van der Waals surface area contributed by atoms with Gasteiger partial charge in [0.1, 0.15) is 0 Å². The van der Waals surface area contributed by atoms with Gasteiger partial charge in [-0.25, -0.2) is 14.4 Å². The lowest BCUT2D eigenvalue weighted by Gasteiger charge is -2.05. The van der Waals surface area contributed by atoms with Crippen LogP contribution in [0.4, 0.5) is 0 Å². The molecular formula is C49H92N2O6. The molecule has 57 heavy (non-hydrogen) atoms. The smallest absolute Gasteiger partial charge is 0.335 e. The molecule has 5 N–H and O–H groups in total. The number of hydrogen-bond acceptors (Lipinski definition) is 5. The van der Waals surface area contributed by atoms with Crippen LogP contribution < -0.4 is 10.6 Å². The normalized spacial score (nSPS) is 10.7. The lowest BCUT2D eigenvalue weighted by molar-refractivity contribution is 0.0696. The van der Waals surface area contributed by atoms with Crippen molar-refractivity contribution in [2.24, 2.45) is 0 Å². The van der Waals surface area contributed by atoms with Crippen LogP contribution in [0.2, 0.25) is 0 Å². The van der Waals surface area contributed by atoms with Crippen molar-refractivity contribution < 1.29 is 29.7 Å². The van der Waals surface area contributed by atoms with Crippen molar-refractivity contribution in [2.45, 2.75) is 233 Å². The van der Waals surface area contributed by atoms with Gasteiger partial charge < -0.3 is 26.0 Å². The number of carbonyl (C=O) groups is 3. The first kappa shape index (κ1) is 56.6. The van der Waals surface area contributed by atoms with Crippen molar-refractivity contribution in [1.82, 2.24) is 10.6 Å². The second-order valence-corrected chi connectivity index (χ2v) is 16.1. The summed E-state index contributed by atoms with van der Waals surface area (Å²) in [6.07, 6.45) is 45.7. The summed E-state index contributed by atoms with van der Waals surface area (Å²) >= 11 is 0. The van der Waals surface area contributed by atoms with E-state index in [0.29, 0.717) is 0 Å². The first-order valence-electron chi connectivity index (χ1n) is 24.0. The molecule has 1 rings (SSSR count). The second kappa shape index (κ2) is 46.2. The molecule has 0 aliphatic carbocycles. The zero-order chi connectivity index (χ0) is 42.5. The number of hydrogen-bond donors (Lipinski definition) is 5. The SMILES string of the molecule is CCCCCCCCCCNCCCCCCCCCC.CCCCCCCCCCNCCCCCCCCCC.O=C(O)c1cc(C(=O)O)cc(C(=O)O)c1. The molecule has 0 aromatic heterocycles. The predicted molar refractivity (Wildman–Crippen MR) is 243 cm³/mol. The number of carboxylic acids is 3. The average molecular weight is 805 g/mol. The Hall–Kier alpha value is -2.45. The quantitative estimate of drug-likeness (QED) is 0.0415. The Morgan fingerprint density at radius 2 is 0.474 bits per heavy atom. The predicted octanol–water partition coefficient (Wildman–Crippen LogP) is 14.5. The van der Waals surface area contributed by atoms with Crippen LogP contribution in [0.3, 0.4) is 0 Å². The molecule has 0 fully saturated rings. The molecule has 0 unspecified atom stereocenters. The van der Waals surface area contributed by atoms with Gasteiger partial charge in [-0.2, -0.15) is 0 Å². The highest BCUT2D eigenvalue weighted by Crippen LogP contribution is 2.13. The number of nitrogens with one attached hydrogen (secondary N) is 2. The highest BCUT2D eigenvalue weighted by Gasteiger charge is 2.14. The Morgan fingerprint density at radius 1 is 0.316 bits per heavy atom. The van der Waals surface area contributed by atoms with Crippen LogP contribution in [0.1, 0.15) is 264 Å². The van der Waals surface area contributed by atoms with Gasteiger partial charge in [0.25, 0.3) is 0 Å². The Kier molecular flexibility index (Phi) is 46.0. The Bertz CT molecular complexity index is 880. The van der Waals surface area contributed by atoms with Crippen LogP contribution in [-0.2, 0) is 0 Å². The Morgan fingerprint density at radius 3 is 0.632 bits per heavy atom. The van der Waals surface area contributed by atoms with Crippen molar-refractivity contribution >= 4 is 17.9 Å². The lowest BCUT2D eigenvalue weighted by Crippen LogP contribution is -2.16. The minimum atomic E-state index is -1.37. The van der Waals surface area contributed by atoms with Crippen molar-refractivity contribution in [3.63, 3.8) is 0 Å². The van der Waals surface area contributed by atoms with E-state index in [9.17, 15) is 14.4 Å². The van der Waals surface area contributed by atoms with Crippen LogP contribution in [-0.4, -0.2) is 59.4 Å². The van der Waals surface area contributed by atoms with Crippen molar-refractivity contribution in [3.8, 4) is 0 Å². The molecule has 0 aliphatic heterocycles. The second-order valence-electron chi connectivity index (χ2n) is 16.1. The summed E-state index contributed by atoms with van der Waals surface area (Å²) in [4.78, 5) is 31.7. The summed E-state index contributed by atoms with van der Waals surface area (Å²) in [5, 5.41) is 33.0. The van der Waals surface area contributed by atoms with E-state index in [1.807, 2.05) is 0 Å². The van der Waals surface area contributed by atoms with Crippen LogP contribution in [0.5, 0.6) is 0 Å². The minimum Gasteiger partial charge on any atom is -0.478 e. The summed E-state index contributed by atoms with van der Waals surface area (Å²) in [5.41, 5.74) is -1.10. The summed E-state index contributed by atoms with van der Waals surface area (Å²) in [7, 11) is 0. The zero-order valence-electron chi connectivity index (χ0n) is 37.8. The molecular weight excluding hydrogens is 713 g/mol. The fourth-order valence-electron chi connectivity index (χ4n) is 6.78. The van der Waals surface area contributed by atoms with Gasteiger partial charge in [-0.05, 0) is 70.1 Å². The van der Waals surface area contributed by atoms with E-state index in [2.05, 4.69) is 38.3 Å². The van der Waals surface area contributed by atoms with Crippen LogP contribution in [0, 0.1) is 0 Å². The maximum atomic E-state index is 10.6. The van der Waals surface area contributed by atoms with Crippen LogP contribution in [0.15, 0.2) is 18.2 Å². The number of unbranched alkanes of at least 4 members (excludes halogenated alkanes) is 28. The van der Waals surface area contributed by atoms with Crippen molar-refractivity contribution in [1.29, 1.82) is 0 Å². The van der Waals surface area contributed by atoms with Crippen molar-refractivity contribution in [3.05, 3.63) is 34.9 Å². The van der Waals surface area contributed by atoms with Gasteiger partial charge in [0.05, 0.1) is 16.7 Å². The standard InChI is InChI=1S/2C20H43N.C9H6O6/c2*1-3-5-7-9-11-13-15-17-19-21-20-18-16-14-12-10-8-6-4-2;10-7(11)4-1-5(8(12)13)3-6(2-4)9(14)15/h2*21H,3-20H2,1-2H3;1-3H,(H,10,11)(H,12,13)(H,14,15). The van der Waals surface area contributed by atoms with Gasteiger partial charge in [-0.3, -0.25) is 0 Å². The number of aromatic carboxylic acids is 3. The summed E-state index contributed by atoms with van der Waals surface area (Å²) in [5.74, 6) is -4.12. The first-order valence-corrected chi connectivity index (χ1v) is 24.0. The third-order valence-electron chi connectivity index (χ3n) is 10.5. The molecule has 0 saturated heterocycles. The number of benzene rings is 1. The van der Waals surface area contributed by atoms with E-state index in [4.69, 9.17) is 15.3 Å². The summed E-state index contributed by atoms with van der Waals surface area (Å²) in [6, 6.07) is 2.70. The Labute approximate surface area is 351 Å². The third kappa shape index (κ3) is 43.0. The number of rotatable bonds is 39. The van der Waals surface area contributed by atoms with E-state index >= 15 is 0 Å². The van der Waals surface area contributed by atoms with Gasteiger partial charge in [-0.15, -0.1) is 0 Å². The molecule has 0 radical (unpaired) electrons. The molecule has 1 aromatic rings. The third-order valence-corrected chi connectivity index (χ3v) is 10.5. The fourth-order valence-corrected chi connectivity index (χ4v) is 6.78. The van der Waals surface area contributed by atoms with E-state index in [-0.39, 0.29) is 16.7 Å². The monoisotopic (exact) mass is 805 g/mol. The maximum Gasteiger partial charge on any atom is 0.335 e. The molecule has 334 valence electrons. The van der Waals surface area contributed by atoms with E-state index in [1.54, 1.807) is 0 Å². The van der Waals surface area contributed by atoms with E-state index in [0.717, 1.165) is 18.2 Å². The molecule has 8 nitrogen and oxygen atoms in total. The maximum absolute atomic E-state index is 10.6. The molecule has 0 heterocycles. The highest BCUT2D eigenvalue weighted by atomic mass is 16.4. The zero-order valence-corrected chi connectivity index (χ0v) is 37.8. The topological polar surface area (TPSA) is 136 Å². The molecule has 0 aliphatic rings. The summed E-state index contributed by atoms with van der Waals surface area (Å²) < 4.78 is 0. The first-order chi connectivity index (χ1) is 27.7. The van der Waals surface area contributed by atoms with E-state index in [1.165, 1.54) is 232 Å². The summed E-state index contributed by atoms with van der Waals surface area (Å²) in [6.45, 7) is 14.1. The van der Waals surface area contributed by atoms with Gasteiger partial charge in [0, 0.05) is 0 Å². The van der Waals surface area contributed by atoms with E-state index < -0.39 is 17.9 Å². The van der Waals surface area contributed by atoms with Gasteiger partial charge in [0.15, 0.2) is 0 Å². The largest absolute Gasteiger partial charge is 0.478 e. The molecule has 0 saturated carbocycles. The fraction of sp³-hybridized carbons (Fsp3) is 0.816. The Balaban J connectivity index is 0. The molecule has 1 aromatic carbocycles. The highest BCUT2D eigenvalue weighted by molar-refractivity contribution is 5.98. The molecule has 8 heteroatoms.